The zero-order chi connectivity index (χ0) is 17.4. The van der Waals surface area contributed by atoms with E-state index in [1.807, 2.05) is 13.8 Å². The third kappa shape index (κ3) is 5.69. The molecular weight excluding hydrogens is 308 g/mol. The standard InChI is InChI=1S/C18H28N2O4/c1-14(2)24-16-6-5-15(13-17(16)22-3)18(21)19-7-4-8-20-9-11-23-12-10-20/h5-6,13-14H,4,7-12H2,1-3H3,(H,19,21). The molecule has 0 atom stereocenters. The lowest BCUT2D eigenvalue weighted by Crippen LogP contribution is -2.38. The van der Waals surface area contributed by atoms with Gasteiger partial charge in [0.2, 0.25) is 0 Å². The van der Waals surface area contributed by atoms with Crippen LogP contribution in [0.4, 0.5) is 0 Å². The summed E-state index contributed by atoms with van der Waals surface area (Å²) in [7, 11) is 1.58. The van der Waals surface area contributed by atoms with Crippen LogP contribution >= 0.6 is 0 Å². The highest BCUT2D eigenvalue weighted by Crippen LogP contribution is 2.28. The molecule has 1 aromatic carbocycles. The third-order valence-corrected chi connectivity index (χ3v) is 3.83. The quantitative estimate of drug-likeness (QED) is 0.735. The summed E-state index contributed by atoms with van der Waals surface area (Å²) < 4.78 is 16.3. The topological polar surface area (TPSA) is 60.0 Å². The molecule has 1 saturated heterocycles. The number of carbonyl (C=O) groups excluding carboxylic acids is 1. The Hall–Kier alpha value is -1.79. The van der Waals surface area contributed by atoms with Crippen LogP contribution in [0.15, 0.2) is 18.2 Å². The average molecular weight is 336 g/mol. The van der Waals surface area contributed by atoms with Crippen molar-refractivity contribution >= 4 is 5.91 Å². The van der Waals surface area contributed by atoms with Gasteiger partial charge in [-0.05, 0) is 45.0 Å². The highest BCUT2D eigenvalue weighted by Gasteiger charge is 2.13. The Kier molecular flexibility index (Phi) is 7.34. The van der Waals surface area contributed by atoms with Crippen LogP contribution in [0.2, 0.25) is 0 Å². The van der Waals surface area contributed by atoms with E-state index in [2.05, 4.69) is 10.2 Å². The van der Waals surface area contributed by atoms with Crippen LogP contribution in [0.3, 0.4) is 0 Å². The Labute approximate surface area is 144 Å². The number of hydrogen-bond acceptors (Lipinski definition) is 5. The molecule has 1 fully saturated rings. The van der Waals surface area contributed by atoms with Crippen LogP contribution in [0.1, 0.15) is 30.6 Å². The monoisotopic (exact) mass is 336 g/mol. The van der Waals surface area contributed by atoms with Crippen molar-refractivity contribution in [2.24, 2.45) is 0 Å². The first kappa shape index (κ1) is 18.5. The first-order valence-corrected chi connectivity index (χ1v) is 8.53. The van der Waals surface area contributed by atoms with Crippen molar-refractivity contribution in [3.05, 3.63) is 23.8 Å². The Bertz CT molecular complexity index is 528. The van der Waals surface area contributed by atoms with E-state index in [9.17, 15) is 4.79 Å². The number of hydrogen-bond donors (Lipinski definition) is 1. The van der Waals surface area contributed by atoms with E-state index < -0.39 is 0 Å². The minimum absolute atomic E-state index is 0.0544. The van der Waals surface area contributed by atoms with Crippen molar-refractivity contribution < 1.29 is 19.0 Å². The van der Waals surface area contributed by atoms with Gasteiger partial charge in [-0.3, -0.25) is 9.69 Å². The minimum Gasteiger partial charge on any atom is -0.493 e. The Morgan fingerprint density at radius 1 is 1.29 bits per heavy atom. The normalized spacial score (nSPS) is 15.3. The molecule has 1 aliphatic rings. The first-order valence-electron chi connectivity index (χ1n) is 8.53. The molecule has 0 aromatic heterocycles. The molecule has 1 heterocycles. The minimum atomic E-state index is -0.0913. The van der Waals surface area contributed by atoms with E-state index in [0.29, 0.717) is 23.6 Å². The van der Waals surface area contributed by atoms with Crippen LogP contribution in [0, 0.1) is 0 Å². The smallest absolute Gasteiger partial charge is 0.251 e. The second-order valence-electron chi connectivity index (χ2n) is 6.10. The summed E-state index contributed by atoms with van der Waals surface area (Å²) in [6.45, 7) is 9.10. The van der Waals surface area contributed by atoms with Crippen molar-refractivity contribution in [2.75, 3.05) is 46.5 Å². The summed E-state index contributed by atoms with van der Waals surface area (Å²) in [5, 5.41) is 2.96. The summed E-state index contributed by atoms with van der Waals surface area (Å²) >= 11 is 0. The Morgan fingerprint density at radius 3 is 2.71 bits per heavy atom. The number of amides is 1. The highest BCUT2D eigenvalue weighted by atomic mass is 16.5. The number of rotatable bonds is 8. The SMILES string of the molecule is COc1cc(C(=O)NCCCN2CCOCC2)ccc1OC(C)C. The van der Waals surface area contributed by atoms with Gasteiger partial charge in [0.1, 0.15) is 0 Å². The molecule has 0 spiro atoms. The zero-order valence-electron chi connectivity index (χ0n) is 14.8. The largest absolute Gasteiger partial charge is 0.493 e. The molecule has 1 aromatic rings. The number of morpholine rings is 1. The Balaban J connectivity index is 1.80. The molecule has 6 heteroatoms. The van der Waals surface area contributed by atoms with Gasteiger partial charge in [0.25, 0.3) is 5.91 Å². The number of nitrogens with one attached hydrogen (secondary N) is 1. The first-order chi connectivity index (χ1) is 11.6. The molecule has 0 aliphatic carbocycles. The fourth-order valence-corrected chi connectivity index (χ4v) is 2.59. The van der Waals surface area contributed by atoms with Gasteiger partial charge in [-0.25, -0.2) is 0 Å². The summed E-state index contributed by atoms with van der Waals surface area (Å²) in [6, 6.07) is 5.26. The van der Waals surface area contributed by atoms with Gasteiger partial charge in [0.15, 0.2) is 11.5 Å². The van der Waals surface area contributed by atoms with E-state index in [-0.39, 0.29) is 12.0 Å². The molecular formula is C18H28N2O4. The molecule has 1 N–H and O–H groups in total. The number of benzene rings is 1. The van der Waals surface area contributed by atoms with Crippen molar-refractivity contribution in [3.63, 3.8) is 0 Å². The molecule has 24 heavy (non-hydrogen) atoms. The average Bonchev–Trinajstić information content (AvgIpc) is 2.59. The molecule has 134 valence electrons. The van der Waals surface area contributed by atoms with E-state index in [1.54, 1.807) is 25.3 Å². The van der Waals surface area contributed by atoms with Crippen LogP contribution in [-0.4, -0.2) is 63.4 Å². The van der Waals surface area contributed by atoms with Crippen molar-refractivity contribution in [2.45, 2.75) is 26.4 Å². The maximum absolute atomic E-state index is 12.3. The van der Waals surface area contributed by atoms with E-state index in [1.165, 1.54) is 0 Å². The van der Waals surface area contributed by atoms with Gasteiger partial charge in [-0.1, -0.05) is 0 Å². The van der Waals surface area contributed by atoms with Gasteiger partial charge in [-0.15, -0.1) is 0 Å². The molecule has 6 nitrogen and oxygen atoms in total. The second kappa shape index (κ2) is 9.49. The van der Waals surface area contributed by atoms with Gasteiger partial charge < -0.3 is 19.5 Å². The van der Waals surface area contributed by atoms with E-state index in [4.69, 9.17) is 14.2 Å². The second-order valence-corrected chi connectivity index (χ2v) is 6.10. The third-order valence-electron chi connectivity index (χ3n) is 3.83. The lowest BCUT2D eigenvalue weighted by atomic mass is 10.2. The number of methoxy groups -OCH3 is 1. The van der Waals surface area contributed by atoms with E-state index in [0.717, 1.165) is 39.3 Å². The number of ether oxygens (including phenoxy) is 3. The summed E-state index contributed by atoms with van der Waals surface area (Å²) in [6.07, 6.45) is 0.982. The lowest BCUT2D eigenvalue weighted by Gasteiger charge is -2.26. The van der Waals surface area contributed by atoms with Crippen molar-refractivity contribution in [3.8, 4) is 11.5 Å². The fourth-order valence-electron chi connectivity index (χ4n) is 2.59. The maximum Gasteiger partial charge on any atom is 0.251 e. The fraction of sp³-hybridized carbons (Fsp3) is 0.611. The molecule has 0 bridgehead atoms. The van der Waals surface area contributed by atoms with Crippen LogP contribution in [0.5, 0.6) is 11.5 Å². The van der Waals surface area contributed by atoms with Gasteiger partial charge in [-0.2, -0.15) is 0 Å². The van der Waals surface area contributed by atoms with Gasteiger partial charge in [0, 0.05) is 25.2 Å². The number of nitrogens with zero attached hydrogens (tertiary/aromatic N) is 1. The number of carbonyl (C=O) groups is 1. The van der Waals surface area contributed by atoms with Crippen molar-refractivity contribution in [1.82, 2.24) is 10.2 Å². The predicted octanol–water partition coefficient (Wildman–Crippen LogP) is 1.93. The molecule has 0 radical (unpaired) electrons. The van der Waals surface area contributed by atoms with Crippen molar-refractivity contribution in [1.29, 1.82) is 0 Å². The van der Waals surface area contributed by atoms with E-state index >= 15 is 0 Å². The maximum atomic E-state index is 12.3. The highest BCUT2D eigenvalue weighted by molar-refractivity contribution is 5.94. The summed E-state index contributed by atoms with van der Waals surface area (Å²) in [5.41, 5.74) is 0.578. The molecule has 1 amide bonds. The zero-order valence-corrected chi connectivity index (χ0v) is 14.8. The summed E-state index contributed by atoms with van der Waals surface area (Å²) in [4.78, 5) is 14.6. The van der Waals surface area contributed by atoms with Crippen LogP contribution in [-0.2, 0) is 4.74 Å². The molecule has 2 rings (SSSR count). The van der Waals surface area contributed by atoms with Crippen LogP contribution in [0.25, 0.3) is 0 Å². The predicted molar refractivity (Wildman–Crippen MR) is 93.0 cm³/mol. The Morgan fingerprint density at radius 2 is 2.04 bits per heavy atom. The molecule has 0 saturated carbocycles. The van der Waals surface area contributed by atoms with Gasteiger partial charge >= 0.3 is 0 Å². The van der Waals surface area contributed by atoms with Gasteiger partial charge in [0.05, 0.1) is 26.4 Å². The lowest BCUT2D eigenvalue weighted by molar-refractivity contribution is 0.0374. The summed E-state index contributed by atoms with van der Waals surface area (Å²) in [5.74, 6) is 1.13. The van der Waals surface area contributed by atoms with Crippen LogP contribution < -0.4 is 14.8 Å². The molecule has 0 unspecified atom stereocenters. The molecule has 1 aliphatic heterocycles.